The van der Waals surface area contributed by atoms with Crippen LogP contribution >= 0.6 is 0 Å². The van der Waals surface area contributed by atoms with Crippen LogP contribution in [-0.4, -0.2) is 6.71 Å². The van der Waals surface area contributed by atoms with Crippen molar-refractivity contribution in [3.8, 4) is 6.07 Å². The molecular formula is C63H80BN3. The van der Waals surface area contributed by atoms with E-state index in [9.17, 15) is 5.26 Å². The van der Waals surface area contributed by atoms with E-state index in [1.165, 1.54) is 83.6 Å². The molecular weight excluding hydrogens is 810 g/mol. The molecule has 4 heteroatoms. The Hall–Kier alpha value is -4.75. The Morgan fingerprint density at radius 1 is 0.448 bits per heavy atom. The second-order valence-electron chi connectivity index (χ2n) is 28.1. The molecule has 0 spiro atoms. The molecule has 2 aliphatic heterocycles. The standard InChI is InChI=1S/C63H80BN3/c1-56(2,3)39-31-40(57(4,5)6)34-43(33-39)66-49-29-38(37-65)30-50-53(49)64(47-23-21-45-51(54(47)66)62(17,18)27-25-60(45,13)14)48-24-22-46-52(63(19,20)28-26-61(46,15)16)55(48)67(50)44-35-41(58(7,8)9)32-42(36-44)59(10,11)12/h21-24,29-36H,25-28H2,1-20H3. The van der Waals surface area contributed by atoms with E-state index in [1.54, 1.807) is 0 Å². The van der Waals surface area contributed by atoms with Crippen molar-refractivity contribution >= 4 is 57.2 Å². The molecule has 9 rings (SSSR count). The summed E-state index contributed by atoms with van der Waals surface area (Å²) >= 11 is 0. The number of anilines is 6. The molecule has 0 aromatic heterocycles. The monoisotopic (exact) mass is 890 g/mol. The average molecular weight is 890 g/mol. The molecule has 2 heterocycles. The lowest BCUT2D eigenvalue weighted by molar-refractivity contribution is 0.332. The highest BCUT2D eigenvalue weighted by molar-refractivity contribution is 7.00. The van der Waals surface area contributed by atoms with Crippen molar-refractivity contribution in [2.24, 2.45) is 0 Å². The molecule has 5 aromatic carbocycles. The molecule has 0 atom stereocenters. The van der Waals surface area contributed by atoms with Crippen LogP contribution in [0.5, 0.6) is 0 Å². The highest BCUT2D eigenvalue weighted by Gasteiger charge is 2.51. The summed E-state index contributed by atoms with van der Waals surface area (Å²) < 4.78 is 0. The van der Waals surface area contributed by atoms with E-state index in [-0.39, 0.29) is 50.0 Å². The number of rotatable bonds is 2. The Kier molecular flexibility index (Phi) is 10.3. The van der Waals surface area contributed by atoms with Gasteiger partial charge in [0.25, 0.3) is 6.71 Å². The van der Waals surface area contributed by atoms with Gasteiger partial charge in [0.05, 0.1) is 11.6 Å². The number of hydrogen-bond acceptors (Lipinski definition) is 3. The fourth-order valence-electron chi connectivity index (χ4n) is 12.3. The molecule has 350 valence electrons. The van der Waals surface area contributed by atoms with Gasteiger partial charge in [-0.05, 0) is 166 Å². The first-order chi connectivity index (χ1) is 30.7. The van der Waals surface area contributed by atoms with Gasteiger partial charge in [-0.2, -0.15) is 5.26 Å². The maximum Gasteiger partial charge on any atom is 0.252 e. The van der Waals surface area contributed by atoms with Gasteiger partial charge in [-0.3, -0.25) is 0 Å². The van der Waals surface area contributed by atoms with E-state index in [2.05, 4.69) is 227 Å². The highest BCUT2D eigenvalue weighted by atomic mass is 15.2. The van der Waals surface area contributed by atoms with Gasteiger partial charge >= 0.3 is 0 Å². The predicted molar refractivity (Wildman–Crippen MR) is 291 cm³/mol. The van der Waals surface area contributed by atoms with E-state index in [4.69, 9.17) is 0 Å². The minimum atomic E-state index is -0.0851. The Labute approximate surface area is 406 Å². The summed E-state index contributed by atoms with van der Waals surface area (Å²) in [6.07, 6.45) is 4.49. The van der Waals surface area contributed by atoms with Crippen LogP contribution in [0.3, 0.4) is 0 Å². The van der Waals surface area contributed by atoms with Gasteiger partial charge in [0.2, 0.25) is 0 Å². The average Bonchev–Trinajstić information content (AvgIpc) is 3.21. The Bertz CT molecular complexity index is 2670. The maximum atomic E-state index is 11.4. The van der Waals surface area contributed by atoms with E-state index in [0.29, 0.717) is 5.56 Å². The fourth-order valence-corrected chi connectivity index (χ4v) is 12.3. The second kappa shape index (κ2) is 14.6. The summed E-state index contributed by atoms with van der Waals surface area (Å²) in [7, 11) is 0. The van der Waals surface area contributed by atoms with Crippen molar-refractivity contribution < 1.29 is 0 Å². The summed E-state index contributed by atoms with van der Waals surface area (Å²) in [5, 5.41) is 11.4. The van der Waals surface area contributed by atoms with Crippen LogP contribution in [0.15, 0.2) is 72.8 Å². The van der Waals surface area contributed by atoms with Crippen LogP contribution in [0.1, 0.15) is 214 Å². The molecule has 4 aliphatic rings. The van der Waals surface area contributed by atoms with Gasteiger partial charge < -0.3 is 9.80 Å². The number of hydrogen-bond donors (Lipinski definition) is 0. The van der Waals surface area contributed by atoms with Crippen LogP contribution in [0.25, 0.3) is 0 Å². The summed E-state index contributed by atoms with van der Waals surface area (Å²) in [5.74, 6) is 0. The molecule has 0 saturated carbocycles. The van der Waals surface area contributed by atoms with Crippen molar-refractivity contribution in [2.75, 3.05) is 9.80 Å². The summed E-state index contributed by atoms with van der Waals surface area (Å²) in [4.78, 5) is 5.30. The zero-order valence-electron chi connectivity index (χ0n) is 45.2. The third-order valence-electron chi connectivity index (χ3n) is 16.9. The van der Waals surface area contributed by atoms with Crippen molar-refractivity contribution in [3.63, 3.8) is 0 Å². The molecule has 2 aliphatic carbocycles. The zero-order valence-corrected chi connectivity index (χ0v) is 45.2. The lowest BCUT2D eigenvalue weighted by Crippen LogP contribution is -2.62. The fraction of sp³-hybridized carbons (Fsp3) is 0.508. The first-order valence-corrected chi connectivity index (χ1v) is 25.5. The molecule has 0 unspecified atom stereocenters. The van der Waals surface area contributed by atoms with E-state index in [0.717, 1.165) is 37.1 Å². The van der Waals surface area contributed by atoms with Gasteiger partial charge in [-0.25, -0.2) is 0 Å². The molecule has 0 amide bonds. The topological polar surface area (TPSA) is 30.3 Å². The highest BCUT2D eigenvalue weighted by Crippen LogP contribution is 2.57. The number of nitrogens with zero attached hydrogens (tertiary/aromatic N) is 3. The molecule has 0 fully saturated rings. The minimum Gasteiger partial charge on any atom is -0.311 e. The molecule has 0 radical (unpaired) electrons. The molecule has 0 bridgehead atoms. The smallest absolute Gasteiger partial charge is 0.252 e. The van der Waals surface area contributed by atoms with Gasteiger partial charge in [0.15, 0.2) is 0 Å². The quantitative estimate of drug-likeness (QED) is 0.162. The Morgan fingerprint density at radius 3 is 1.06 bits per heavy atom. The lowest BCUT2D eigenvalue weighted by Gasteiger charge is -2.51. The van der Waals surface area contributed by atoms with Crippen LogP contribution in [-0.2, 0) is 43.3 Å². The van der Waals surface area contributed by atoms with E-state index in [1.807, 2.05) is 0 Å². The second-order valence-corrected chi connectivity index (χ2v) is 28.1. The van der Waals surface area contributed by atoms with Crippen molar-refractivity contribution in [1.82, 2.24) is 0 Å². The number of nitriles is 1. The van der Waals surface area contributed by atoms with Crippen LogP contribution < -0.4 is 26.2 Å². The molecule has 67 heavy (non-hydrogen) atoms. The van der Waals surface area contributed by atoms with Crippen molar-refractivity contribution in [1.29, 1.82) is 5.26 Å². The predicted octanol–water partition coefficient (Wildman–Crippen LogP) is 15.5. The first-order valence-electron chi connectivity index (χ1n) is 25.5. The Morgan fingerprint density at radius 2 is 0.761 bits per heavy atom. The minimum absolute atomic E-state index is 0.00804. The zero-order chi connectivity index (χ0) is 49.1. The van der Waals surface area contributed by atoms with Crippen LogP contribution in [0.4, 0.5) is 34.1 Å². The van der Waals surface area contributed by atoms with Crippen molar-refractivity contribution in [2.45, 2.75) is 207 Å². The lowest BCUT2D eigenvalue weighted by atomic mass is 9.32. The van der Waals surface area contributed by atoms with Gasteiger partial charge in [-0.15, -0.1) is 0 Å². The van der Waals surface area contributed by atoms with Crippen molar-refractivity contribution in [3.05, 3.63) is 123 Å². The van der Waals surface area contributed by atoms with Gasteiger partial charge in [0.1, 0.15) is 0 Å². The summed E-state index contributed by atoms with van der Waals surface area (Å²) in [5.41, 5.74) is 22.6. The van der Waals surface area contributed by atoms with Crippen LogP contribution in [0.2, 0.25) is 0 Å². The molecule has 5 aromatic rings. The first kappa shape index (κ1) is 47.3. The maximum absolute atomic E-state index is 11.4. The molecule has 0 saturated heterocycles. The normalized spacial score (nSPS) is 18.9. The Balaban J connectivity index is 1.52. The number of benzene rings is 5. The third-order valence-corrected chi connectivity index (χ3v) is 16.9. The SMILES string of the molecule is CC(C)(C)c1cc(N2c3cc(C#N)cc4c3B(c3ccc5c(c32)C(C)(C)CCC5(C)C)c2ccc3c(c2N4c2cc(C(C)(C)C)cc(C(C)(C)C)c2)C(C)(C)CCC3(C)C)cc(C(C)(C)C)c1. The molecule has 3 nitrogen and oxygen atoms in total. The number of fused-ring (bicyclic) bond motifs is 8. The van der Waals surface area contributed by atoms with E-state index >= 15 is 0 Å². The van der Waals surface area contributed by atoms with Crippen LogP contribution in [0, 0.1) is 11.3 Å². The largest absolute Gasteiger partial charge is 0.311 e. The third kappa shape index (κ3) is 7.51. The van der Waals surface area contributed by atoms with E-state index < -0.39 is 0 Å². The molecule has 0 N–H and O–H groups in total. The van der Waals surface area contributed by atoms with Gasteiger partial charge in [0, 0.05) is 34.1 Å². The van der Waals surface area contributed by atoms with Gasteiger partial charge in [-0.1, -0.05) is 175 Å². The summed E-state index contributed by atoms with van der Waals surface area (Å²) in [6, 6.07) is 32.2. The summed E-state index contributed by atoms with van der Waals surface area (Å²) in [6.45, 7) is 47.9.